The standard InChI is InChI=1S/C14H20N2O2/c1-3-12-10-15-7-8-16(12)13-6-4-5-11(9-13)14(17)18-2/h4-6,9,12,15H,3,7-8,10H2,1-2H3/t12-/m1/s1. The predicted molar refractivity (Wildman–Crippen MR) is 72.1 cm³/mol. The molecule has 0 spiro atoms. The van der Waals surface area contributed by atoms with Crippen molar-refractivity contribution in [2.24, 2.45) is 0 Å². The van der Waals surface area contributed by atoms with Crippen molar-refractivity contribution in [2.75, 3.05) is 31.6 Å². The zero-order chi connectivity index (χ0) is 13.0. The summed E-state index contributed by atoms with van der Waals surface area (Å²) in [5, 5.41) is 3.40. The highest BCUT2D eigenvalue weighted by atomic mass is 16.5. The van der Waals surface area contributed by atoms with Gasteiger partial charge >= 0.3 is 5.97 Å². The number of hydrogen-bond donors (Lipinski definition) is 1. The van der Waals surface area contributed by atoms with Crippen molar-refractivity contribution in [1.29, 1.82) is 0 Å². The molecule has 1 aromatic rings. The molecule has 0 radical (unpaired) electrons. The molecule has 1 saturated heterocycles. The molecule has 0 bridgehead atoms. The van der Waals surface area contributed by atoms with Gasteiger partial charge in [0, 0.05) is 31.4 Å². The van der Waals surface area contributed by atoms with E-state index in [0.717, 1.165) is 31.7 Å². The van der Waals surface area contributed by atoms with Gasteiger partial charge in [-0.15, -0.1) is 0 Å². The van der Waals surface area contributed by atoms with E-state index in [0.29, 0.717) is 11.6 Å². The lowest BCUT2D eigenvalue weighted by Gasteiger charge is -2.37. The number of methoxy groups -OCH3 is 1. The van der Waals surface area contributed by atoms with Gasteiger partial charge in [-0.05, 0) is 24.6 Å². The Kier molecular flexibility index (Phi) is 4.20. The Morgan fingerprint density at radius 2 is 2.39 bits per heavy atom. The smallest absolute Gasteiger partial charge is 0.337 e. The lowest BCUT2D eigenvalue weighted by molar-refractivity contribution is 0.0601. The maximum Gasteiger partial charge on any atom is 0.337 e. The second-order valence-corrected chi connectivity index (χ2v) is 4.50. The molecule has 4 nitrogen and oxygen atoms in total. The molecular formula is C14H20N2O2. The third-order valence-electron chi connectivity index (χ3n) is 3.42. The van der Waals surface area contributed by atoms with E-state index in [-0.39, 0.29) is 5.97 Å². The first-order valence-electron chi connectivity index (χ1n) is 6.42. The summed E-state index contributed by atoms with van der Waals surface area (Å²) < 4.78 is 4.76. The van der Waals surface area contributed by atoms with E-state index in [4.69, 9.17) is 4.74 Å². The summed E-state index contributed by atoms with van der Waals surface area (Å²) in [5.74, 6) is -0.278. The van der Waals surface area contributed by atoms with Gasteiger partial charge in [0.05, 0.1) is 12.7 Å². The second kappa shape index (κ2) is 5.87. The van der Waals surface area contributed by atoms with Crippen molar-refractivity contribution in [1.82, 2.24) is 5.32 Å². The van der Waals surface area contributed by atoms with Crippen molar-refractivity contribution < 1.29 is 9.53 Å². The number of ether oxygens (including phenoxy) is 1. The van der Waals surface area contributed by atoms with E-state index in [1.54, 1.807) is 6.07 Å². The fourth-order valence-electron chi connectivity index (χ4n) is 2.39. The van der Waals surface area contributed by atoms with Crippen LogP contribution in [0.2, 0.25) is 0 Å². The topological polar surface area (TPSA) is 41.6 Å². The number of carbonyl (C=O) groups excluding carboxylic acids is 1. The zero-order valence-electron chi connectivity index (χ0n) is 11.0. The van der Waals surface area contributed by atoms with Crippen LogP contribution in [0.1, 0.15) is 23.7 Å². The first kappa shape index (κ1) is 12.9. The summed E-state index contributed by atoms with van der Waals surface area (Å²) in [7, 11) is 1.41. The van der Waals surface area contributed by atoms with Gasteiger partial charge in [-0.25, -0.2) is 4.79 Å². The monoisotopic (exact) mass is 248 g/mol. The predicted octanol–water partition coefficient (Wildman–Crippen LogP) is 1.66. The van der Waals surface area contributed by atoms with Crippen LogP contribution in [-0.4, -0.2) is 38.8 Å². The summed E-state index contributed by atoms with van der Waals surface area (Å²) in [6, 6.07) is 8.17. The van der Waals surface area contributed by atoms with E-state index in [9.17, 15) is 4.79 Å². The van der Waals surface area contributed by atoms with Crippen LogP contribution in [0, 0.1) is 0 Å². The van der Waals surface area contributed by atoms with E-state index in [2.05, 4.69) is 23.2 Å². The molecule has 0 unspecified atom stereocenters. The third-order valence-corrected chi connectivity index (χ3v) is 3.42. The molecule has 98 valence electrons. The summed E-state index contributed by atoms with van der Waals surface area (Å²) in [6.07, 6.45) is 1.09. The molecule has 1 aliphatic heterocycles. The Balaban J connectivity index is 2.23. The number of anilines is 1. The minimum absolute atomic E-state index is 0.278. The second-order valence-electron chi connectivity index (χ2n) is 4.50. The minimum Gasteiger partial charge on any atom is -0.465 e. The molecule has 2 rings (SSSR count). The molecule has 1 aromatic carbocycles. The normalized spacial score (nSPS) is 19.7. The lowest BCUT2D eigenvalue weighted by atomic mass is 10.1. The van der Waals surface area contributed by atoms with Gasteiger partial charge in [0.2, 0.25) is 0 Å². The molecule has 1 N–H and O–H groups in total. The van der Waals surface area contributed by atoms with Crippen molar-refractivity contribution in [3.05, 3.63) is 29.8 Å². The Morgan fingerprint density at radius 3 is 3.11 bits per heavy atom. The molecule has 1 aliphatic rings. The number of nitrogens with one attached hydrogen (secondary N) is 1. The molecule has 18 heavy (non-hydrogen) atoms. The van der Waals surface area contributed by atoms with E-state index >= 15 is 0 Å². The van der Waals surface area contributed by atoms with Crippen molar-refractivity contribution >= 4 is 11.7 Å². The zero-order valence-corrected chi connectivity index (χ0v) is 11.0. The van der Waals surface area contributed by atoms with Crippen LogP contribution in [0.15, 0.2) is 24.3 Å². The number of piperazine rings is 1. The average molecular weight is 248 g/mol. The SMILES string of the molecule is CC[C@@H]1CNCCN1c1cccc(C(=O)OC)c1. The van der Waals surface area contributed by atoms with Crippen LogP contribution >= 0.6 is 0 Å². The maximum atomic E-state index is 11.5. The summed E-state index contributed by atoms with van der Waals surface area (Å²) >= 11 is 0. The fourth-order valence-corrected chi connectivity index (χ4v) is 2.39. The number of hydrogen-bond acceptors (Lipinski definition) is 4. The molecule has 0 aromatic heterocycles. The summed E-state index contributed by atoms with van der Waals surface area (Å²) in [4.78, 5) is 13.9. The Labute approximate surface area is 108 Å². The number of carbonyl (C=O) groups is 1. The Morgan fingerprint density at radius 1 is 1.56 bits per heavy atom. The van der Waals surface area contributed by atoms with Crippen LogP contribution in [0.5, 0.6) is 0 Å². The van der Waals surface area contributed by atoms with Gasteiger partial charge in [0.25, 0.3) is 0 Å². The molecule has 1 fully saturated rings. The molecule has 0 amide bonds. The first-order valence-corrected chi connectivity index (χ1v) is 6.42. The summed E-state index contributed by atoms with van der Waals surface area (Å²) in [6.45, 7) is 5.15. The molecule has 1 atom stereocenters. The van der Waals surface area contributed by atoms with Crippen molar-refractivity contribution in [2.45, 2.75) is 19.4 Å². The van der Waals surface area contributed by atoms with E-state index in [1.165, 1.54) is 7.11 Å². The quantitative estimate of drug-likeness (QED) is 0.826. The van der Waals surface area contributed by atoms with Crippen molar-refractivity contribution in [3.63, 3.8) is 0 Å². The van der Waals surface area contributed by atoms with Crippen LogP contribution in [0.25, 0.3) is 0 Å². The van der Waals surface area contributed by atoms with Gasteiger partial charge in [0.1, 0.15) is 0 Å². The van der Waals surface area contributed by atoms with Gasteiger partial charge in [-0.1, -0.05) is 13.0 Å². The lowest BCUT2D eigenvalue weighted by Crippen LogP contribution is -2.51. The number of benzene rings is 1. The first-order chi connectivity index (χ1) is 8.76. The number of rotatable bonds is 3. The van der Waals surface area contributed by atoms with E-state index < -0.39 is 0 Å². The van der Waals surface area contributed by atoms with Gasteiger partial charge in [-0.3, -0.25) is 0 Å². The highest BCUT2D eigenvalue weighted by Crippen LogP contribution is 2.21. The van der Waals surface area contributed by atoms with Crippen LogP contribution in [0.4, 0.5) is 5.69 Å². The highest BCUT2D eigenvalue weighted by Gasteiger charge is 2.21. The summed E-state index contributed by atoms with van der Waals surface area (Å²) in [5.41, 5.74) is 1.72. The number of esters is 1. The van der Waals surface area contributed by atoms with E-state index in [1.807, 2.05) is 12.1 Å². The van der Waals surface area contributed by atoms with Crippen LogP contribution in [-0.2, 0) is 4.74 Å². The molecule has 4 heteroatoms. The molecule has 1 heterocycles. The van der Waals surface area contributed by atoms with Gasteiger partial charge < -0.3 is 15.0 Å². The molecular weight excluding hydrogens is 228 g/mol. The van der Waals surface area contributed by atoms with Gasteiger partial charge in [-0.2, -0.15) is 0 Å². The highest BCUT2D eigenvalue weighted by molar-refractivity contribution is 5.90. The molecule has 0 aliphatic carbocycles. The van der Waals surface area contributed by atoms with Crippen LogP contribution < -0.4 is 10.2 Å². The largest absolute Gasteiger partial charge is 0.465 e. The third kappa shape index (κ3) is 2.64. The Bertz CT molecular complexity index is 420. The van der Waals surface area contributed by atoms with Crippen LogP contribution in [0.3, 0.4) is 0 Å². The number of nitrogens with zero attached hydrogens (tertiary/aromatic N) is 1. The molecule has 0 saturated carbocycles. The fraction of sp³-hybridized carbons (Fsp3) is 0.500. The Hall–Kier alpha value is -1.55. The van der Waals surface area contributed by atoms with Crippen molar-refractivity contribution in [3.8, 4) is 0 Å². The van der Waals surface area contributed by atoms with Gasteiger partial charge in [0.15, 0.2) is 0 Å². The average Bonchev–Trinajstić information content (AvgIpc) is 2.46. The minimum atomic E-state index is -0.278. The maximum absolute atomic E-state index is 11.5.